The Bertz CT molecular complexity index is 881. The van der Waals surface area contributed by atoms with Gasteiger partial charge in [0.1, 0.15) is 11.5 Å². The van der Waals surface area contributed by atoms with E-state index in [1.54, 1.807) is 24.3 Å². The number of nitriles is 1. The number of aromatic hydroxyl groups is 1. The molecule has 142 valence electrons. The van der Waals surface area contributed by atoms with Crippen molar-refractivity contribution < 1.29 is 19.4 Å². The number of phenolic OH excluding ortho intramolecular Hbond substituents is 1. The van der Waals surface area contributed by atoms with Crippen molar-refractivity contribution in [2.45, 2.75) is 26.2 Å². The molecule has 0 fully saturated rings. The van der Waals surface area contributed by atoms with Gasteiger partial charge < -0.3 is 14.6 Å². The van der Waals surface area contributed by atoms with Crippen LogP contribution in [0.1, 0.15) is 42.0 Å². The van der Waals surface area contributed by atoms with Crippen LogP contribution in [0.3, 0.4) is 0 Å². The highest BCUT2D eigenvalue weighted by Crippen LogP contribution is 2.36. The van der Waals surface area contributed by atoms with Crippen LogP contribution in [-0.2, 0) is 16.0 Å². The summed E-state index contributed by atoms with van der Waals surface area (Å²) in [4.78, 5) is 11.2. The number of rotatable bonds is 6. The lowest BCUT2D eigenvalue weighted by molar-refractivity contribution is -0.142. The van der Waals surface area contributed by atoms with E-state index in [1.807, 2.05) is 13.8 Å². The number of hydrogen-bond donors (Lipinski definition) is 1. The maximum Gasteiger partial charge on any atom is 0.343 e. The number of carbonyl (C=O) groups is 1. The molecule has 0 unspecified atom stereocenters. The molecule has 0 spiro atoms. The van der Waals surface area contributed by atoms with E-state index in [9.17, 15) is 15.2 Å². The summed E-state index contributed by atoms with van der Waals surface area (Å²) in [5, 5.41) is 20.4. The Hall–Kier alpha value is -2.42. The van der Waals surface area contributed by atoms with Gasteiger partial charge in [-0.2, -0.15) is 5.26 Å². The van der Waals surface area contributed by atoms with Crippen LogP contribution < -0.4 is 4.74 Å². The first kappa shape index (κ1) is 20.9. The number of benzene rings is 2. The topological polar surface area (TPSA) is 79.6 Å². The van der Waals surface area contributed by atoms with Crippen LogP contribution in [0.5, 0.6) is 11.5 Å². The van der Waals surface area contributed by atoms with Gasteiger partial charge in [-0.15, -0.1) is 0 Å². The molecule has 2 aromatic carbocycles. The van der Waals surface area contributed by atoms with Crippen molar-refractivity contribution in [3.8, 4) is 17.6 Å². The normalized spacial score (nSPS) is 10.6. The molecule has 0 aliphatic rings. The average Bonchev–Trinajstić information content (AvgIpc) is 2.62. The largest absolute Gasteiger partial charge is 0.508 e. The number of nitrogens with zero attached hydrogens (tertiary/aromatic N) is 1. The predicted molar refractivity (Wildman–Crippen MR) is 104 cm³/mol. The first-order valence-corrected chi connectivity index (χ1v) is 8.96. The Labute approximate surface area is 168 Å². The summed E-state index contributed by atoms with van der Waals surface area (Å²) in [6, 6.07) is 8.55. The van der Waals surface area contributed by atoms with E-state index in [0.29, 0.717) is 44.5 Å². The van der Waals surface area contributed by atoms with E-state index in [4.69, 9.17) is 27.9 Å². The van der Waals surface area contributed by atoms with Crippen molar-refractivity contribution in [2.24, 2.45) is 0 Å². The minimum absolute atomic E-state index is 0.0142. The number of ether oxygens (including phenoxy) is 2. The second kappa shape index (κ2) is 8.98. The van der Waals surface area contributed by atoms with Crippen molar-refractivity contribution in [3.63, 3.8) is 0 Å². The molecule has 1 N–H and O–H groups in total. The van der Waals surface area contributed by atoms with Gasteiger partial charge in [-0.1, -0.05) is 43.1 Å². The summed E-state index contributed by atoms with van der Waals surface area (Å²) < 4.78 is 9.83. The SMILES string of the molecule is COC(=O)COc1cc(Cl)c(Cc2ccc(O)c(C(C)C)c2C#N)c(Cl)c1. The van der Waals surface area contributed by atoms with Crippen LogP contribution in [0.4, 0.5) is 0 Å². The minimum Gasteiger partial charge on any atom is -0.508 e. The van der Waals surface area contributed by atoms with Gasteiger partial charge in [0.2, 0.25) is 0 Å². The number of esters is 1. The van der Waals surface area contributed by atoms with Gasteiger partial charge in [-0.3, -0.25) is 0 Å². The van der Waals surface area contributed by atoms with Crippen molar-refractivity contribution in [1.82, 2.24) is 0 Å². The third-order valence-electron chi connectivity index (χ3n) is 4.06. The van der Waals surface area contributed by atoms with Gasteiger partial charge in [-0.05, 0) is 35.2 Å². The standard InChI is InChI=1S/C20H19Cl2NO4/c1-11(2)20-15(9-23)12(4-5-18(20)24)6-14-16(21)7-13(8-17(14)22)27-10-19(25)26-3/h4-5,7-8,11,24H,6,10H2,1-3H3. The quantitative estimate of drug-likeness (QED) is 0.693. The monoisotopic (exact) mass is 407 g/mol. The molecular formula is C20H19Cl2NO4. The van der Waals surface area contributed by atoms with Crippen LogP contribution in [0, 0.1) is 11.3 Å². The zero-order valence-electron chi connectivity index (χ0n) is 15.2. The summed E-state index contributed by atoms with van der Waals surface area (Å²) >= 11 is 12.7. The first-order valence-electron chi connectivity index (χ1n) is 8.20. The molecule has 0 saturated heterocycles. The fourth-order valence-electron chi connectivity index (χ4n) is 2.74. The number of carbonyl (C=O) groups excluding carboxylic acids is 1. The maximum atomic E-state index is 11.2. The molecule has 2 aromatic rings. The highest BCUT2D eigenvalue weighted by atomic mass is 35.5. The fraction of sp³-hybridized carbons (Fsp3) is 0.300. The van der Waals surface area contributed by atoms with Crippen LogP contribution in [0.15, 0.2) is 24.3 Å². The van der Waals surface area contributed by atoms with E-state index in [1.165, 1.54) is 7.11 Å². The van der Waals surface area contributed by atoms with Gasteiger partial charge >= 0.3 is 5.97 Å². The maximum absolute atomic E-state index is 11.2. The smallest absolute Gasteiger partial charge is 0.343 e. The summed E-state index contributed by atoms with van der Waals surface area (Å²) in [5.41, 5.74) is 2.36. The van der Waals surface area contributed by atoms with Crippen molar-refractivity contribution in [3.05, 3.63) is 56.6 Å². The van der Waals surface area contributed by atoms with Gasteiger partial charge in [0.25, 0.3) is 0 Å². The number of methoxy groups -OCH3 is 1. The first-order chi connectivity index (χ1) is 12.8. The van der Waals surface area contributed by atoms with Crippen LogP contribution in [0.2, 0.25) is 10.0 Å². The number of phenols is 1. The van der Waals surface area contributed by atoms with E-state index < -0.39 is 5.97 Å². The Balaban J connectivity index is 2.37. The lowest BCUT2D eigenvalue weighted by atomic mass is 9.90. The zero-order valence-corrected chi connectivity index (χ0v) is 16.7. The Morgan fingerprint density at radius 3 is 2.41 bits per heavy atom. The highest BCUT2D eigenvalue weighted by molar-refractivity contribution is 6.36. The fourth-order valence-corrected chi connectivity index (χ4v) is 3.34. The molecule has 0 saturated carbocycles. The minimum atomic E-state index is -0.518. The molecule has 0 aliphatic heterocycles. The van der Waals surface area contributed by atoms with Gasteiger partial charge in [0.05, 0.1) is 18.7 Å². The summed E-state index contributed by atoms with van der Waals surface area (Å²) in [5.74, 6) is -0.0998. The van der Waals surface area contributed by atoms with E-state index in [0.717, 1.165) is 0 Å². The summed E-state index contributed by atoms with van der Waals surface area (Å²) in [7, 11) is 1.27. The van der Waals surface area contributed by atoms with Crippen LogP contribution >= 0.6 is 23.2 Å². The van der Waals surface area contributed by atoms with Gasteiger partial charge in [-0.25, -0.2) is 4.79 Å². The molecule has 2 rings (SSSR count). The van der Waals surface area contributed by atoms with Crippen LogP contribution in [0.25, 0.3) is 0 Å². The van der Waals surface area contributed by atoms with Gasteiger partial charge in [0, 0.05) is 22.0 Å². The lowest BCUT2D eigenvalue weighted by Gasteiger charge is -2.16. The number of halogens is 2. The third kappa shape index (κ3) is 4.85. The van der Waals surface area contributed by atoms with Crippen molar-refractivity contribution >= 4 is 29.2 Å². The molecule has 27 heavy (non-hydrogen) atoms. The molecule has 0 aromatic heterocycles. The second-order valence-corrected chi connectivity index (χ2v) is 7.02. The molecule has 0 atom stereocenters. The molecule has 0 heterocycles. The lowest BCUT2D eigenvalue weighted by Crippen LogP contribution is -2.12. The van der Waals surface area contributed by atoms with Crippen LogP contribution in [-0.4, -0.2) is 24.8 Å². The van der Waals surface area contributed by atoms with E-state index in [-0.39, 0.29) is 18.3 Å². The Kier molecular flexibility index (Phi) is 6.95. The molecule has 0 aliphatic carbocycles. The molecular weight excluding hydrogens is 389 g/mol. The summed E-state index contributed by atoms with van der Waals surface area (Å²) in [6.07, 6.45) is 0.317. The Morgan fingerprint density at radius 1 is 1.26 bits per heavy atom. The van der Waals surface area contributed by atoms with E-state index >= 15 is 0 Å². The number of hydrogen-bond acceptors (Lipinski definition) is 5. The molecule has 0 amide bonds. The molecule has 0 radical (unpaired) electrons. The zero-order chi connectivity index (χ0) is 20.1. The van der Waals surface area contributed by atoms with Crippen molar-refractivity contribution in [2.75, 3.05) is 13.7 Å². The second-order valence-electron chi connectivity index (χ2n) is 6.21. The average molecular weight is 408 g/mol. The third-order valence-corrected chi connectivity index (χ3v) is 4.74. The predicted octanol–water partition coefficient (Wildman–Crippen LogP) is 4.84. The van der Waals surface area contributed by atoms with E-state index in [2.05, 4.69) is 10.8 Å². The molecule has 0 bridgehead atoms. The van der Waals surface area contributed by atoms with Crippen molar-refractivity contribution in [1.29, 1.82) is 5.26 Å². The summed E-state index contributed by atoms with van der Waals surface area (Å²) in [6.45, 7) is 3.57. The van der Waals surface area contributed by atoms with Gasteiger partial charge in [0.15, 0.2) is 6.61 Å². The molecule has 7 heteroatoms. The highest BCUT2D eigenvalue weighted by Gasteiger charge is 2.18. The Morgan fingerprint density at radius 2 is 1.89 bits per heavy atom. The molecule has 5 nitrogen and oxygen atoms in total.